The fraction of sp³-hybridized carbons (Fsp3) is 0.750. The molecule has 0 N–H and O–H groups in total. The van der Waals surface area contributed by atoms with Gasteiger partial charge in [-0.3, -0.25) is 14.4 Å². The molecule has 122 valence electrons. The van der Waals surface area contributed by atoms with E-state index in [4.69, 9.17) is 4.74 Å². The largest absolute Gasteiger partial charge is 0.368 e. The number of piperazine rings is 1. The van der Waals surface area contributed by atoms with Crippen molar-refractivity contribution in [1.82, 2.24) is 19.6 Å². The quantitative estimate of drug-likeness (QED) is 0.826. The van der Waals surface area contributed by atoms with Gasteiger partial charge in [-0.25, -0.2) is 0 Å². The molecule has 1 aromatic heterocycles. The van der Waals surface area contributed by atoms with E-state index in [1.807, 2.05) is 16.6 Å². The van der Waals surface area contributed by atoms with Crippen LogP contribution in [0.25, 0.3) is 0 Å². The third-order valence-corrected chi connectivity index (χ3v) is 4.61. The first-order valence-corrected chi connectivity index (χ1v) is 8.31. The molecule has 6 heteroatoms. The van der Waals surface area contributed by atoms with Crippen molar-refractivity contribution in [3.8, 4) is 0 Å². The van der Waals surface area contributed by atoms with Gasteiger partial charge in [-0.15, -0.1) is 0 Å². The van der Waals surface area contributed by atoms with Crippen LogP contribution in [0.3, 0.4) is 0 Å². The molecule has 0 bridgehead atoms. The fourth-order valence-electron chi connectivity index (χ4n) is 3.36. The van der Waals surface area contributed by atoms with Crippen molar-refractivity contribution in [2.75, 3.05) is 32.8 Å². The van der Waals surface area contributed by atoms with Gasteiger partial charge in [0.1, 0.15) is 6.10 Å². The van der Waals surface area contributed by atoms with Crippen LogP contribution in [-0.2, 0) is 29.5 Å². The predicted molar refractivity (Wildman–Crippen MR) is 83.4 cm³/mol. The third kappa shape index (κ3) is 3.33. The average Bonchev–Trinajstić information content (AvgIpc) is 3.17. The van der Waals surface area contributed by atoms with Gasteiger partial charge in [-0.05, 0) is 19.3 Å². The topological polar surface area (TPSA) is 50.6 Å². The molecule has 3 heterocycles. The van der Waals surface area contributed by atoms with E-state index in [1.165, 1.54) is 11.3 Å². The summed E-state index contributed by atoms with van der Waals surface area (Å²) < 4.78 is 7.40. The van der Waals surface area contributed by atoms with Crippen molar-refractivity contribution in [2.24, 2.45) is 7.05 Å². The van der Waals surface area contributed by atoms with Gasteiger partial charge >= 0.3 is 0 Å². The van der Waals surface area contributed by atoms with Gasteiger partial charge in [0.05, 0.1) is 5.69 Å². The van der Waals surface area contributed by atoms with Crippen LogP contribution in [0.1, 0.15) is 31.0 Å². The molecule has 2 aliphatic rings. The summed E-state index contributed by atoms with van der Waals surface area (Å²) in [6, 6.07) is 0. The van der Waals surface area contributed by atoms with Crippen molar-refractivity contribution in [2.45, 2.75) is 38.8 Å². The molecular weight excluding hydrogens is 280 g/mol. The van der Waals surface area contributed by atoms with Gasteiger partial charge in [0, 0.05) is 58.1 Å². The third-order valence-electron chi connectivity index (χ3n) is 4.61. The van der Waals surface area contributed by atoms with E-state index in [9.17, 15) is 4.79 Å². The van der Waals surface area contributed by atoms with E-state index in [1.54, 1.807) is 0 Å². The highest BCUT2D eigenvalue weighted by atomic mass is 16.5. The summed E-state index contributed by atoms with van der Waals surface area (Å²) in [6.07, 6.45) is 4.79. The normalized spacial score (nSPS) is 23.2. The Bertz CT molecular complexity index is 514. The summed E-state index contributed by atoms with van der Waals surface area (Å²) in [7, 11) is 1.97. The number of aromatic nitrogens is 2. The second kappa shape index (κ2) is 6.79. The Morgan fingerprint density at radius 1 is 1.36 bits per heavy atom. The number of hydrogen-bond donors (Lipinski definition) is 0. The Hall–Kier alpha value is -1.40. The number of ether oxygens (including phenoxy) is 1. The lowest BCUT2D eigenvalue weighted by Gasteiger charge is -2.35. The Morgan fingerprint density at radius 2 is 2.14 bits per heavy atom. The monoisotopic (exact) mass is 306 g/mol. The minimum absolute atomic E-state index is 0.184. The lowest BCUT2D eigenvalue weighted by molar-refractivity contribution is -0.142. The highest BCUT2D eigenvalue weighted by molar-refractivity contribution is 5.81. The van der Waals surface area contributed by atoms with Crippen molar-refractivity contribution in [3.63, 3.8) is 0 Å². The van der Waals surface area contributed by atoms with Crippen LogP contribution in [-0.4, -0.2) is 64.4 Å². The number of amides is 1. The standard InChI is InChI=1S/C16H26N4O2/c1-3-14-13(11-18(2)17-14)12-19-6-8-20(9-7-19)16(21)15-5-4-10-22-15/h11,15H,3-10,12H2,1-2H3. The SMILES string of the molecule is CCc1nn(C)cc1CN1CCN(C(=O)C2CCCO2)CC1. The molecule has 0 radical (unpaired) electrons. The molecule has 3 rings (SSSR count). The number of carbonyl (C=O) groups is 1. The van der Waals surface area contributed by atoms with Crippen LogP contribution in [0, 0.1) is 0 Å². The molecule has 6 nitrogen and oxygen atoms in total. The second-order valence-electron chi connectivity index (χ2n) is 6.23. The molecule has 1 aromatic rings. The highest BCUT2D eigenvalue weighted by Gasteiger charge is 2.30. The van der Waals surface area contributed by atoms with Gasteiger partial charge in [-0.2, -0.15) is 5.10 Å². The number of nitrogens with zero attached hydrogens (tertiary/aromatic N) is 4. The summed E-state index contributed by atoms with van der Waals surface area (Å²) >= 11 is 0. The minimum atomic E-state index is -0.184. The lowest BCUT2D eigenvalue weighted by atomic mass is 10.1. The number of hydrogen-bond acceptors (Lipinski definition) is 4. The zero-order valence-electron chi connectivity index (χ0n) is 13.6. The van der Waals surface area contributed by atoms with E-state index in [0.29, 0.717) is 0 Å². The maximum atomic E-state index is 12.3. The molecule has 22 heavy (non-hydrogen) atoms. The minimum Gasteiger partial charge on any atom is -0.368 e. The number of aryl methyl sites for hydroxylation is 2. The summed E-state index contributed by atoms with van der Waals surface area (Å²) in [5.74, 6) is 0.188. The molecule has 2 aliphatic heterocycles. The van der Waals surface area contributed by atoms with E-state index in [-0.39, 0.29) is 12.0 Å². The van der Waals surface area contributed by atoms with Crippen molar-refractivity contribution < 1.29 is 9.53 Å². The summed E-state index contributed by atoms with van der Waals surface area (Å²) in [5, 5.41) is 4.50. The molecule has 0 spiro atoms. The van der Waals surface area contributed by atoms with Crippen molar-refractivity contribution >= 4 is 5.91 Å². The summed E-state index contributed by atoms with van der Waals surface area (Å²) in [4.78, 5) is 16.7. The van der Waals surface area contributed by atoms with Gasteiger partial charge in [0.25, 0.3) is 5.91 Å². The van der Waals surface area contributed by atoms with E-state index in [0.717, 1.165) is 58.6 Å². The Kier molecular flexibility index (Phi) is 4.78. The fourth-order valence-corrected chi connectivity index (χ4v) is 3.36. The maximum absolute atomic E-state index is 12.3. The van der Waals surface area contributed by atoms with Gasteiger partial charge in [0.2, 0.25) is 0 Å². The van der Waals surface area contributed by atoms with Crippen LogP contribution >= 0.6 is 0 Å². The zero-order valence-corrected chi connectivity index (χ0v) is 13.6. The molecule has 1 unspecified atom stereocenters. The number of rotatable bonds is 4. The van der Waals surface area contributed by atoms with Crippen molar-refractivity contribution in [3.05, 3.63) is 17.5 Å². The second-order valence-corrected chi connectivity index (χ2v) is 6.23. The van der Waals surface area contributed by atoms with Crippen LogP contribution in [0.4, 0.5) is 0 Å². The van der Waals surface area contributed by atoms with Gasteiger partial charge in [-0.1, -0.05) is 6.92 Å². The molecular formula is C16H26N4O2. The van der Waals surface area contributed by atoms with Crippen LogP contribution in [0.5, 0.6) is 0 Å². The smallest absolute Gasteiger partial charge is 0.251 e. The van der Waals surface area contributed by atoms with E-state index >= 15 is 0 Å². The predicted octanol–water partition coefficient (Wildman–Crippen LogP) is 0.806. The lowest BCUT2D eigenvalue weighted by Crippen LogP contribution is -2.51. The molecule has 2 fully saturated rings. The first-order valence-electron chi connectivity index (χ1n) is 8.31. The van der Waals surface area contributed by atoms with E-state index < -0.39 is 0 Å². The first-order chi connectivity index (χ1) is 10.7. The van der Waals surface area contributed by atoms with Crippen LogP contribution in [0.15, 0.2) is 6.20 Å². The van der Waals surface area contributed by atoms with E-state index in [2.05, 4.69) is 23.1 Å². The first kappa shape index (κ1) is 15.5. The molecule has 2 saturated heterocycles. The Labute approximate surface area is 132 Å². The summed E-state index contributed by atoms with van der Waals surface area (Å²) in [5.41, 5.74) is 2.49. The Morgan fingerprint density at radius 3 is 2.77 bits per heavy atom. The molecule has 0 aromatic carbocycles. The molecule has 0 aliphatic carbocycles. The van der Waals surface area contributed by atoms with Gasteiger partial charge in [0.15, 0.2) is 0 Å². The molecule has 0 saturated carbocycles. The van der Waals surface area contributed by atoms with Gasteiger partial charge < -0.3 is 9.64 Å². The molecule has 1 atom stereocenters. The molecule has 1 amide bonds. The Balaban J connectivity index is 1.52. The van der Waals surface area contributed by atoms with Crippen LogP contribution < -0.4 is 0 Å². The average molecular weight is 306 g/mol. The highest BCUT2D eigenvalue weighted by Crippen LogP contribution is 2.17. The maximum Gasteiger partial charge on any atom is 0.251 e. The zero-order chi connectivity index (χ0) is 15.5. The number of carbonyl (C=O) groups excluding carboxylic acids is 1. The summed E-state index contributed by atoms with van der Waals surface area (Å²) in [6.45, 7) is 7.27. The van der Waals surface area contributed by atoms with Crippen LogP contribution in [0.2, 0.25) is 0 Å². The van der Waals surface area contributed by atoms with Crippen molar-refractivity contribution in [1.29, 1.82) is 0 Å².